The number of hydrogen-bond donors (Lipinski definition) is 0. The maximum absolute atomic E-state index is 7.65. The SMILES string of the molecule is [2H]C([2H])([2H])c1cc(C#CC)c(C#Cc2ccccc2C#[N+]C)cc1C. The van der Waals surface area contributed by atoms with E-state index in [2.05, 4.69) is 34.6 Å². The Morgan fingerprint density at radius 2 is 1.55 bits per heavy atom. The minimum atomic E-state index is -2.17. The van der Waals surface area contributed by atoms with Gasteiger partial charge in [-0.25, -0.2) is 0 Å². The third-order valence-corrected chi connectivity index (χ3v) is 3.12. The summed E-state index contributed by atoms with van der Waals surface area (Å²) in [5.74, 6) is 12.0. The van der Waals surface area contributed by atoms with Crippen molar-refractivity contribution in [3.05, 3.63) is 74.6 Å². The lowest BCUT2D eigenvalue weighted by Gasteiger charge is -2.03. The number of hydrogen-bond acceptors (Lipinski definition) is 0. The predicted molar refractivity (Wildman–Crippen MR) is 93.2 cm³/mol. The highest BCUT2D eigenvalue weighted by Crippen LogP contribution is 2.15. The van der Waals surface area contributed by atoms with Crippen molar-refractivity contribution in [1.82, 2.24) is 0 Å². The average Bonchev–Trinajstić information content (AvgIpc) is 2.55. The number of rotatable bonds is 0. The quantitative estimate of drug-likeness (QED) is 0.633. The molecule has 0 atom stereocenters. The van der Waals surface area contributed by atoms with Gasteiger partial charge in [-0.15, -0.1) is 5.92 Å². The van der Waals surface area contributed by atoms with Crippen molar-refractivity contribution in [2.45, 2.75) is 20.7 Å². The summed E-state index contributed by atoms with van der Waals surface area (Å²) in [6, 6.07) is 13.9. The Morgan fingerprint density at radius 3 is 2.23 bits per heavy atom. The summed E-state index contributed by atoms with van der Waals surface area (Å²) in [4.78, 5) is 3.92. The van der Waals surface area contributed by atoms with Gasteiger partial charge in [0.05, 0.1) is 0 Å². The highest BCUT2D eigenvalue weighted by Gasteiger charge is 2.03. The van der Waals surface area contributed by atoms with Crippen LogP contribution < -0.4 is 0 Å². The van der Waals surface area contributed by atoms with Gasteiger partial charge in [0, 0.05) is 20.8 Å². The molecule has 0 aliphatic carbocycles. The molecule has 0 N–H and O–H groups in total. The van der Waals surface area contributed by atoms with E-state index in [1.165, 1.54) is 0 Å². The average molecular weight is 287 g/mol. The third-order valence-electron chi connectivity index (χ3n) is 3.12. The van der Waals surface area contributed by atoms with E-state index in [-0.39, 0.29) is 0 Å². The van der Waals surface area contributed by atoms with Crippen molar-refractivity contribution in [1.29, 1.82) is 0 Å². The molecule has 0 fully saturated rings. The smallest absolute Gasteiger partial charge is 0.101 e. The molecule has 0 aliphatic heterocycles. The second-order valence-electron chi connectivity index (χ2n) is 4.72. The zero-order valence-electron chi connectivity index (χ0n) is 15.9. The van der Waals surface area contributed by atoms with Crippen LogP contribution in [0.1, 0.15) is 44.4 Å². The first-order valence-electron chi connectivity index (χ1n) is 8.40. The van der Waals surface area contributed by atoms with Gasteiger partial charge in [0.2, 0.25) is 0 Å². The zero-order chi connectivity index (χ0) is 18.4. The fourth-order valence-electron chi connectivity index (χ4n) is 1.99. The third kappa shape index (κ3) is 3.58. The van der Waals surface area contributed by atoms with Gasteiger partial charge in [-0.3, -0.25) is 0 Å². The van der Waals surface area contributed by atoms with Gasteiger partial charge in [-0.1, -0.05) is 34.7 Å². The van der Waals surface area contributed by atoms with Crippen molar-refractivity contribution in [2.75, 3.05) is 7.05 Å². The van der Waals surface area contributed by atoms with Crippen LogP contribution in [0.5, 0.6) is 0 Å². The highest BCUT2D eigenvalue weighted by atomic mass is 14.6. The van der Waals surface area contributed by atoms with Gasteiger partial charge in [-0.05, 0) is 56.1 Å². The molecule has 0 unspecified atom stereocenters. The van der Waals surface area contributed by atoms with E-state index in [1.807, 2.05) is 24.3 Å². The summed E-state index contributed by atoms with van der Waals surface area (Å²) in [7, 11) is 1.66. The molecule has 0 aliphatic rings. The minimum Gasteiger partial charge on any atom is -0.101 e. The van der Waals surface area contributed by atoms with Crippen LogP contribution in [-0.4, -0.2) is 7.05 Å². The molecule has 0 amide bonds. The molecule has 0 aromatic heterocycles. The summed E-state index contributed by atoms with van der Waals surface area (Å²) in [6.07, 6.45) is 0. The molecule has 106 valence electrons. The normalized spacial score (nSPS) is 11.3. The van der Waals surface area contributed by atoms with Crippen LogP contribution >= 0.6 is 0 Å². The second kappa shape index (κ2) is 7.17. The standard InChI is InChI=1S/C21H18N/c1-5-8-19-13-16(2)17(3)14-20(19)12-11-18-9-6-7-10-21(18)15-22-4/h6-7,9-10,13-14H,1-4H3/q+1/i2D3. The molecule has 22 heavy (non-hydrogen) atoms. The Kier molecular flexibility index (Phi) is 3.81. The van der Waals surface area contributed by atoms with E-state index >= 15 is 0 Å². The van der Waals surface area contributed by atoms with Crippen molar-refractivity contribution >= 4 is 0 Å². The number of benzene rings is 2. The molecular weight excluding hydrogens is 266 g/mol. The van der Waals surface area contributed by atoms with Crippen LogP contribution in [-0.2, 0) is 0 Å². The zero-order valence-corrected chi connectivity index (χ0v) is 12.9. The first kappa shape index (κ1) is 11.7. The highest BCUT2D eigenvalue weighted by molar-refractivity contribution is 5.57. The predicted octanol–water partition coefficient (Wildman–Crippen LogP) is 4.39. The first-order chi connectivity index (χ1) is 11.9. The molecule has 1 nitrogen and oxygen atoms in total. The monoisotopic (exact) mass is 287 g/mol. The summed E-state index contributed by atoms with van der Waals surface area (Å²) < 4.78 is 23.0. The molecule has 0 spiro atoms. The topological polar surface area (TPSA) is 4.36 Å². The molecule has 1 heteroatoms. The van der Waals surface area contributed by atoms with Crippen LogP contribution in [0.25, 0.3) is 4.85 Å². The van der Waals surface area contributed by atoms with Gasteiger partial charge in [-0.2, -0.15) is 0 Å². The fraction of sp³-hybridized carbons (Fsp3) is 0.190. The maximum atomic E-state index is 7.65. The first-order valence-corrected chi connectivity index (χ1v) is 6.90. The van der Waals surface area contributed by atoms with E-state index < -0.39 is 6.85 Å². The Labute approximate surface area is 137 Å². The van der Waals surface area contributed by atoms with E-state index in [9.17, 15) is 0 Å². The van der Waals surface area contributed by atoms with Crippen molar-refractivity contribution in [3.63, 3.8) is 0 Å². The van der Waals surface area contributed by atoms with Crippen LogP contribution in [0.2, 0.25) is 0 Å². The fourth-order valence-corrected chi connectivity index (χ4v) is 1.99. The Bertz CT molecular complexity index is 981. The Morgan fingerprint density at radius 1 is 0.909 bits per heavy atom. The van der Waals surface area contributed by atoms with Crippen molar-refractivity contribution in [2.24, 2.45) is 0 Å². The second-order valence-corrected chi connectivity index (χ2v) is 4.72. The lowest BCUT2D eigenvalue weighted by Crippen LogP contribution is -1.90. The van der Waals surface area contributed by atoms with Crippen LogP contribution in [0, 0.1) is 43.5 Å². The maximum Gasteiger partial charge on any atom is 0.311 e. The van der Waals surface area contributed by atoms with Gasteiger partial charge in [0.25, 0.3) is 7.05 Å². The molecule has 2 aromatic rings. The van der Waals surface area contributed by atoms with Gasteiger partial charge < -0.3 is 0 Å². The molecule has 0 heterocycles. The largest absolute Gasteiger partial charge is 0.311 e. The van der Waals surface area contributed by atoms with E-state index in [0.717, 1.165) is 11.1 Å². The van der Waals surface area contributed by atoms with Crippen molar-refractivity contribution < 1.29 is 4.11 Å². The Balaban J connectivity index is 2.59. The summed E-state index contributed by atoms with van der Waals surface area (Å²) in [5, 5.41) is 0. The summed E-state index contributed by atoms with van der Waals surface area (Å²) >= 11 is 0. The van der Waals surface area contributed by atoms with Crippen LogP contribution in [0.15, 0.2) is 36.4 Å². The molecule has 2 aromatic carbocycles. The lowest BCUT2D eigenvalue weighted by atomic mass is 9.99. The van der Waals surface area contributed by atoms with Crippen LogP contribution in [0.4, 0.5) is 0 Å². The van der Waals surface area contributed by atoms with E-state index in [0.29, 0.717) is 22.3 Å². The molecule has 2 rings (SSSR count). The molecule has 0 bridgehead atoms. The molecule has 0 saturated carbocycles. The minimum absolute atomic E-state index is 0.308. The van der Waals surface area contributed by atoms with Gasteiger partial charge in [0.15, 0.2) is 0 Å². The van der Waals surface area contributed by atoms with Gasteiger partial charge in [0.1, 0.15) is 5.56 Å². The summed E-state index contributed by atoms with van der Waals surface area (Å²) in [5.41, 5.74) is 3.95. The van der Waals surface area contributed by atoms with Gasteiger partial charge >= 0.3 is 6.07 Å². The molecule has 0 saturated heterocycles. The molecule has 0 radical (unpaired) electrons. The lowest BCUT2D eigenvalue weighted by molar-refractivity contribution is 1.32. The number of aryl methyl sites for hydroxylation is 2. The number of nitrogens with zero attached hydrogens (tertiary/aromatic N) is 1. The molecular formula is C21H18N+. The summed E-state index contributed by atoms with van der Waals surface area (Å²) in [6.45, 7) is 1.33. The van der Waals surface area contributed by atoms with E-state index in [4.69, 9.17) is 4.11 Å². The Hall–Kier alpha value is -2.95. The van der Waals surface area contributed by atoms with E-state index in [1.54, 1.807) is 33.0 Å². The van der Waals surface area contributed by atoms with Crippen molar-refractivity contribution in [3.8, 4) is 29.8 Å². The van der Waals surface area contributed by atoms with Crippen LogP contribution in [0.3, 0.4) is 0 Å².